The topological polar surface area (TPSA) is 110 Å². The molecule has 0 bridgehead atoms. The van der Waals surface area contributed by atoms with E-state index in [0.29, 0.717) is 11.5 Å². The lowest BCUT2D eigenvalue weighted by atomic mass is 10.2. The smallest absolute Gasteiger partial charge is 0.335 e. The number of nitrogens with two attached hydrogens (primary N) is 1. The molecule has 0 atom stereocenters. The molecule has 0 saturated carbocycles. The number of hydrogen-bond donors (Lipinski definition) is 3. The number of benzene rings is 1. The second-order valence-electron chi connectivity index (χ2n) is 3.87. The highest BCUT2D eigenvalue weighted by molar-refractivity contribution is 5.93. The van der Waals surface area contributed by atoms with Crippen LogP contribution in [0.2, 0.25) is 0 Å². The summed E-state index contributed by atoms with van der Waals surface area (Å²) in [6, 6.07) is 7.59. The summed E-state index contributed by atoms with van der Waals surface area (Å²) in [5, 5.41) is 15.3. The van der Waals surface area contributed by atoms with Crippen molar-refractivity contribution >= 4 is 23.4 Å². The van der Waals surface area contributed by atoms with Gasteiger partial charge in [-0.25, -0.2) is 4.79 Å². The minimum absolute atomic E-state index is 0.00843. The van der Waals surface area contributed by atoms with Crippen molar-refractivity contribution in [3.8, 4) is 0 Å². The molecule has 2 aromatic rings. The number of nitrogens with zero attached hydrogens (tertiary/aromatic N) is 2. The molecular weight excluding hydrogens is 248 g/mol. The summed E-state index contributed by atoms with van der Waals surface area (Å²) in [6.07, 6.45) is 1.59. The molecule has 7 nitrogen and oxygen atoms in total. The van der Waals surface area contributed by atoms with Gasteiger partial charge in [-0.3, -0.25) is 9.48 Å². The van der Waals surface area contributed by atoms with Gasteiger partial charge in [0, 0.05) is 11.9 Å². The lowest BCUT2D eigenvalue weighted by Gasteiger charge is -2.06. The maximum Gasteiger partial charge on any atom is 0.335 e. The van der Waals surface area contributed by atoms with Crippen molar-refractivity contribution in [2.75, 3.05) is 11.1 Å². The number of anilines is 2. The Morgan fingerprint density at radius 2 is 2.16 bits per heavy atom. The standard InChI is InChI=1S/C12H12N4O3/c13-10-4-5-16(15-10)7-11(17)14-9-3-1-2-8(6-9)12(18)19/h1-6H,7H2,(H2,13,15)(H,14,17)(H,18,19). The average molecular weight is 260 g/mol. The number of rotatable bonds is 4. The van der Waals surface area contributed by atoms with Crippen LogP contribution < -0.4 is 11.1 Å². The van der Waals surface area contributed by atoms with Crippen LogP contribution >= 0.6 is 0 Å². The van der Waals surface area contributed by atoms with Crippen LogP contribution in [0.15, 0.2) is 36.5 Å². The number of carboxylic acids is 1. The normalized spacial score (nSPS) is 10.1. The van der Waals surface area contributed by atoms with Gasteiger partial charge in [-0.05, 0) is 24.3 Å². The predicted molar refractivity (Wildman–Crippen MR) is 68.7 cm³/mol. The van der Waals surface area contributed by atoms with Gasteiger partial charge in [0.25, 0.3) is 0 Å². The molecular formula is C12H12N4O3. The van der Waals surface area contributed by atoms with Gasteiger partial charge in [-0.15, -0.1) is 0 Å². The molecule has 2 rings (SSSR count). The molecule has 1 heterocycles. The summed E-state index contributed by atoms with van der Waals surface area (Å²) >= 11 is 0. The van der Waals surface area contributed by atoms with Crippen molar-refractivity contribution in [2.45, 2.75) is 6.54 Å². The monoisotopic (exact) mass is 260 g/mol. The van der Waals surface area contributed by atoms with E-state index in [9.17, 15) is 9.59 Å². The Kier molecular flexibility index (Phi) is 3.46. The molecule has 98 valence electrons. The number of amides is 1. The van der Waals surface area contributed by atoms with Crippen LogP contribution in [0.5, 0.6) is 0 Å². The Morgan fingerprint density at radius 1 is 1.37 bits per heavy atom. The number of aromatic carboxylic acids is 1. The number of aromatic nitrogens is 2. The Labute approximate surface area is 108 Å². The van der Waals surface area contributed by atoms with E-state index in [1.165, 1.54) is 16.8 Å². The molecule has 0 spiro atoms. The molecule has 4 N–H and O–H groups in total. The highest BCUT2D eigenvalue weighted by Gasteiger charge is 2.07. The number of carbonyl (C=O) groups is 2. The number of carboxylic acid groups (broad SMARTS) is 1. The fraction of sp³-hybridized carbons (Fsp3) is 0.0833. The zero-order chi connectivity index (χ0) is 13.8. The van der Waals surface area contributed by atoms with Gasteiger partial charge in [0.15, 0.2) is 0 Å². The molecule has 0 fully saturated rings. The largest absolute Gasteiger partial charge is 0.478 e. The van der Waals surface area contributed by atoms with E-state index in [-0.39, 0.29) is 18.0 Å². The molecule has 1 aromatic carbocycles. The van der Waals surface area contributed by atoms with Crippen molar-refractivity contribution in [3.05, 3.63) is 42.1 Å². The zero-order valence-electron chi connectivity index (χ0n) is 9.91. The number of hydrogen-bond acceptors (Lipinski definition) is 4. The number of carbonyl (C=O) groups excluding carboxylic acids is 1. The van der Waals surface area contributed by atoms with E-state index in [4.69, 9.17) is 10.8 Å². The van der Waals surface area contributed by atoms with Crippen molar-refractivity contribution in [3.63, 3.8) is 0 Å². The zero-order valence-corrected chi connectivity index (χ0v) is 9.91. The fourth-order valence-corrected chi connectivity index (χ4v) is 1.54. The van der Waals surface area contributed by atoms with Gasteiger partial charge in [0.2, 0.25) is 5.91 Å². The highest BCUT2D eigenvalue weighted by atomic mass is 16.4. The molecule has 0 aliphatic carbocycles. The van der Waals surface area contributed by atoms with Crippen molar-refractivity contribution in [2.24, 2.45) is 0 Å². The number of nitrogens with one attached hydrogen (secondary N) is 1. The molecule has 0 radical (unpaired) electrons. The van der Waals surface area contributed by atoms with Gasteiger partial charge >= 0.3 is 5.97 Å². The van der Waals surface area contributed by atoms with Crippen LogP contribution in [0, 0.1) is 0 Å². The van der Waals surface area contributed by atoms with Crippen LogP contribution in [0.25, 0.3) is 0 Å². The van der Waals surface area contributed by atoms with Gasteiger partial charge < -0.3 is 16.2 Å². The molecule has 1 amide bonds. The fourth-order valence-electron chi connectivity index (χ4n) is 1.54. The maximum absolute atomic E-state index is 11.7. The second kappa shape index (κ2) is 5.21. The van der Waals surface area contributed by atoms with E-state index in [0.717, 1.165) is 0 Å². The van der Waals surface area contributed by atoms with Crippen LogP contribution in [-0.2, 0) is 11.3 Å². The molecule has 7 heteroatoms. The van der Waals surface area contributed by atoms with Gasteiger partial charge in [-0.2, -0.15) is 5.10 Å². The molecule has 0 aliphatic heterocycles. The van der Waals surface area contributed by atoms with Crippen LogP contribution in [0.1, 0.15) is 10.4 Å². The van der Waals surface area contributed by atoms with E-state index in [1.807, 2.05) is 0 Å². The third kappa shape index (κ3) is 3.32. The Hall–Kier alpha value is -2.83. The Morgan fingerprint density at radius 3 is 2.79 bits per heavy atom. The van der Waals surface area contributed by atoms with Gasteiger partial charge in [0.05, 0.1) is 5.56 Å². The third-order valence-corrected chi connectivity index (χ3v) is 2.36. The van der Waals surface area contributed by atoms with E-state index in [2.05, 4.69) is 10.4 Å². The lowest BCUT2D eigenvalue weighted by molar-refractivity contribution is -0.116. The molecule has 0 aliphatic rings. The first-order valence-electron chi connectivity index (χ1n) is 5.47. The summed E-state index contributed by atoms with van der Waals surface area (Å²) in [7, 11) is 0. The Bertz CT molecular complexity index is 621. The van der Waals surface area contributed by atoms with Crippen molar-refractivity contribution in [1.29, 1.82) is 0 Å². The first-order chi connectivity index (χ1) is 9.04. The molecule has 19 heavy (non-hydrogen) atoms. The molecule has 0 saturated heterocycles. The van der Waals surface area contributed by atoms with E-state index < -0.39 is 5.97 Å². The molecule has 0 unspecified atom stereocenters. The lowest BCUT2D eigenvalue weighted by Crippen LogP contribution is -2.19. The van der Waals surface area contributed by atoms with Crippen LogP contribution in [0.4, 0.5) is 11.5 Å². The SMILES string of the molecule is Nc1ccn(CC(=O)Nc2cccc(C(=O)O)c2)n1. The summed E-state index contributed by atoms with van der Waals surface area (Å²) in [4.78, 5) is 22.5. The summed E-state index contributed by atoms with van der Waals surface area (Å²) in [5.41, 5.74) is 5.96. The van der Waals surface area contributed by atoms with Crippen molar-refractivity contribution in [1.82, 2.24) is 9.78 Å². The first kappa shape index (κ1) is 12.6. The van der Waals surface area contributed by atoms with Gasteiger partial charge in [0.1, 0.15) is 12.4 Å². The average Bonchev–Trinajstić information content (AvgIpc) is 2.74. The summed E-state index contributed by atoms with van der Waals surface area (Å²) < 4.78 is 1.39. The van der Waals surface area contributed by atoms with Crippen LogP contribution in [0.3, 0.4) is 0 Å². The minimum atomic E-state index is -1.05. The highest BCUT2D eigenvalue weighted by Crippen LogP contribution is 2.10. The van der Waals surface area contributed by atoms with E-state index >= 15 is 0 Å². The number of nitrogen functional groups attached to an aromatic ring is 1. The quantitative estimate of drug-likeness (QED) is 0.753. The molecule has 1 aromatic heterocycles. The second-order valence-corrected chi connectivity index (χ2v) is 3.87. The maximum atomic E-state index is 11.7. The minimum Gasteiger partial charge on any atom is -0.478 e. The van der Waals surface area contributed by atoms with Crippen molar-refractivity contribution < 1.29 is 14.7 Å². The summed E-state index contributed by atoms with van der Waals surface area (Å²) in [6.45, 7) is 0.00843. The third-order valence-electron chi connectivity index (χ3n) is 2.36. The Balaban J connectivity index is 2.02. The predicted octanol–water partition coefficient (Wildman–Crippen LogP) is 0.802. The van der Waals surface area contributed by atoms with Crippen LogP contribution in [-0.4, -0.2) is 26.8 Å². The summed E-state index contributed by atoms with van der Waals surface area (Å²) in [5.74, 6) is -1.03. The van der Waals surface area contributed by atoms with Gasteiger partial charge in [-0.1, -0.05) is 6.07 Å². The first-order valence-corrected chi connectivity index (χ1v) is 5.47. The van der Waals surface area contributed by atoms with E-state index in [1.54, 1.807) is 24.4 Å².